The molecule has 0 amide bonds. The van der Waals surface area contributed by atoms with Gasteiger partial charge in [0.05, 0.1) is 5.57 Å². The molecule has 5 heteroatoms. The summed E-state index contributed by atoms with van der Waals surface area (Å²) in [7, 11) is 0. The van der Waals surface area contributed by atoms with Gasteiger partial charge in [-0.15, -0.1) is 0 Å². The molecule has 1 aromatic rings. The van der Waals surface area contributed by atoms with Gasteiger partial charge in [0.25, 0.3) is 0 Å². The molecule has 5 nitrogen and oxygen atoms in total. The van der Waals surface area contributed by atoms with E-state index in [4.69, 9.17) is 10.5 Å². The fraction of sp³-hybridized carbons (Fsp3) is 0.500. The van der Waals surface area contributed by atoms with Crippen LogP contribution in [0.5, 0.6) is 0 Å². The van der Waals surface area contributed by atoms with Crippen LogP contribution in [-0.4, -0.2) is 12.3 Å². The number of aryl methyl sites for hydroxylation is 1. The molecular formula is C18H24N4O. The van der Waals surface area contributed by atoms with Crippen LogP contribution < -0.4 is 16.6 Å². The third kappa shape index (κ3) is 2.80. The molecule has 4 atom stereocenters. The summed E-state index contributed by atoms with van der Waals surface area (Å²) in [6, 6.07) is 11.1. The fourth-order valence-electron chi connectivity index (χ4n) is 3.70. The third-order valence-corrected chi connectivity index (χ3v) is 4.91. The lowest BCUT2D eigenvalue weighted by Crippen LogP contribution is -2.41. The number of nitriles is 1. The van der Waals surface area contributed by atoms with Gasteiger partial charge in [0.1, 0.15) is 6.07 Å². The molecule has 0 aromatic heterocycles. The van der Waals surface area contributed by atoms with Crippen molar-refractivity contribution >= 4 is 0 Å². The number of fused-ring (bicyclic) bond motifs is 1. The van der Waals surface area contributed by atoms with E-state index in [0.29, 0.717) is 5.57 Å². The Morgan fingerprint density at radius 3 is 2.57 bits per heavy atom. The number of nitrogens with zero attached hydrogens (tertiary/aromatic N) is 1. The van der Waals surface area contributed by atoms with E-state index in [1.165, 1.54) is 5.56 Å². The minimum absolute atomic E-state index is 0.0382. The maximum Gasteiger partial charge on any atom is 0.200 e. The minimum atomic E-state index is -0.195. The first-order valence-electron chi connectivity index (χ1n) is 8.35. The highest BCUT2D eigenvalue weighted by Gasteiger charge is 2.48. The number of hydrogen-bond donors (Lipinski definition) is 3. The lowest BCUT2D eigenvalue weighted by molar-refractivity contribution is 0.0337. The van der Waals surface area contributed by atoms with Gasteiger partial charge in [-0.1, -0.05) is 44.5 Å². The van der Waals surface area contributed by atoms with Crippen LogP contribution in [-0.2, 0) is 11.2 Å². The predicted molar refractivity (Wildman–Crippen MR) is 88.7 cm³/mol. The van der Waals surface area contributed by atoms with Crippen LogP contribution in [0.3, 0.4) is 0 Å². The largest absolute Gasteiger partial charge is 0.458 e. The number of allylic oxidation sites excluding steroid dienone is 1. The van der Waals surface area contributed by atoms with Crippen molar-refractivity contribution in [3.63, 3.8) is 0 Å². The summed E-state index contributed by atoms with van der Waals surface area (Å²) in [5.74, 6) is 0.359. The second kappa shape index (κ2) is 6.61. The molecule has 2 heterocycles. The first-order chi connectivity index (χ1) is 11.2. The van der Waals surface area contributed by atoms with E-state index in [9.17, 15) is 5.26 Å². The van der Waals surface area contributed by atoms with Crippen LogP contribution in [0.25, 0.3) is 0 Å². The molecular weight excluding hydrogens is 288 g/mol. The van der Waals surface area contributed by atoms with Gasteiger partial charge < -0.3 is 10.5 Å². The molecule has 2 aliphatic heterocycles. The molecule has 1 aromatic carbocycles. The van der Waals surface area contributed by atoms with Crippen LogP contribution in [0.1, 0.15) is 43.7 Å². The van der Waals surface area contributed by atoms with Gasteiger partial charge in [-0.05, 0) is 24.0 Å². The predicted octanol–water partition coefficient (Wildman–Crippen LogP) is 2.28. The summed E-state index contributed by atoms with van der Waals surface area (Å²) in [6.45, 7) is 4.30. The van der Waals surface area contributed by atoms with Gasteiger partial charge in [0.2, 0.25) is 5.88 Å². The zero-order chi connectivity index (χ0) is 16.4. The topological polar surface area (TPSA) is 83.1 Å². The second-order valence-electron chi connectivity index (χ2n) is 6.26. The lowest BCUT2D eigenvalue weighted by Gasteiger charge is -2.35. The summed E-state index contributed by atoms with van der Waals surface area (Å²) < 4.78 is 5.75. The monoisotopic (exact) mass is 312 g/mol. The Bertz CT molecular complexity index is 631. The first-order valence-corrected chi connectivity index (χ1v) is 8.35. The van der Waals surface area contributed by atoms with Gasteiger partial charge in [0, 0.05) is 17.9 Å². The molecule has 1 fully saturated rings. The van der Waals surface area contributed by atoms with Crippen LogP contribution in [0, 0.1) is 17.2 Å². The molecule has 3 rings (SSSR count). The Morgan fingerprint density at radius 1 is 1.22 bits per heavy atom. The second-order valence-corrected chi connectivity index (χ2v) is 6.26. The fourth-order valence-corrected chi connectivity index (χ4v) is 3.70. The number of ether oxygens (including phenoxy) is 1. The van der Waals surface area contributed by atoms with E-state index >= 15 is 0 Å². The molecule has 0 saturated carbocycles. The van der Waals surface area contributed by atoms with E-state index in [1.54, 1.807) is 0 Å². The molecule has 0 spiro atoms. The van der Waals surface area contributed by atoms with Crippen molar-refractivity contribution in [3.8, 4) is 6.07 Å². The van der Waals surface area contributed by atoms with Crippen molar-refractivity contribution in [1.82, 2.24) is 10.9 Å². The van der Waals surface area contributed by atoms with E-state index in [1.807, 2.05) is 0 Å². The van der Waals surface area contributed by atoms with Gasteiger partial charge >= 0.3 is 0 Å². The molecule has 0 bridgehead atoms. The first kappa shape index (κ1) is 15.9. The molecule has 1 saturated heterocycles. The average molecular weight is 312 g/mol. The van der Waals surface area contributed by atoms with Crippen molar-refractivity contribution in [3.05, 3.63) is 46.8 Å². The van der Waals surface area contributed by atoms with Gasteiger partial charge in [-0.2, -0.15) is 5.26 Å². The van der Waals surface area contributed by atoms with Crippen LogP contribution >= 0.6 is 0 Å². The molecule has 4 N–H and O–H groups in total. The zero-order valence-corrected chi connectivity index (χ0v) is 13.7. The Kier molecular flexibility index (Phi) is 4.56. The standard InChI is InChI=1S/C18H24N4O/c1-3-5-14-16-15(12-8-6-11(4-2)7-9-12)13(10-19)17(20)23-18(16)22-21-14/h6-9,14-16,18,21-22H,3-5,20H2,1-2H3. The molecule has 23 heavy (non-hydrogen) atoms. The number of hydrazine groups is 1. The van der Waals surface area contributed by atoms with Crippen molar-refractivity contribution in [1.29, 1.82) is 5.26 Å². The number of rotatable bonds is 4. The van der Waals surface area contributed by atoms with Gasteiger partial charge in [0.15, 0.2) is 6.23 Å². The summed E-state index contributed by atoms with van der Waals surface area (Å²) in [6.07, 6.45) is 2.91. The normalized spacial score (nSPS) is 29.8. The summed E-state index contributed by atoms with van der Waals surface area (Å²) in [5.41, 5.74) is 15.5. The van der Waals surface area contributed by atoms with E-state index in [0.717, 1.165) is 24.8 Å². The summed E-state index contributed by atoms with van der Waals surface area (Å²) in [5, 5.41) is 9.62. The van der Waals surface area contributed by atoms with Crippen molar-refractivity contribution < 1.29 is 4.74 Å². The minimum Gasteiger partial charge on any atom is -0.458 e. The van der Waals surface area contributed by atoms with Crippen molar-refractivity contribution in [2.24, 2.45) is 11.7 Å². The maximum atomic E-state index is 9.62. The van der Waals surface area contributed by atoms with Gasteiger partial charge in [-0.25, -0.2) is 5.43 Å². The molecule has 122 valence electrons. The average Bonchev–Trinajstić information content (AvgIpc) is 2.96. The molecule has 2 aliphatic rings. The smallest absolute Gasteiger partial charge is 0.200 e. The van der Waals surface area contributed by atoms with Gasteiger partial charge in [-0.3, -0.25) is 5.43 Å². The Labute approximate surface area is 137 Å². The van der Waals surface area contributed by atoms with Crippen LogP contribution in [0.15, 0.2) is 35.7 Å². The summed E-state index contributed by atoms with van der Waals surface area (Å²) in [4.78, 5) is 0. The number of benzene rings is 1. The lowest BCUT2D eigenvalue weighted by atomic mass is 9.74. The van der Waals surface area contributed by atoms with Crippen LogP contribution in [0.4, 0.5) is 0 Å². The van der Waals surface area contributed by atoms with Crippen molar-refractivity contribution in [2.75, 3.05) is 0 Å². The third-order valence-electron chi connectivity index (χ3n) is 4.91. The molecule has 4 unspecified atom stereocenters. The number of hydrogen-bond acceptors (Lipinski definition) is 5. The zero-order valence-electron chi connectivity index (χ0n) is 13.7. The van der Waals surface area contributed by atoms with E-state index < -0.39 is 0 Å². The molecule has 0 radical (unpaired) electrons. The number of nitrogens with two attached hydrogens (primary N) is 1. The Morgan fingerprint density at radius 2 is 1.96 bits per heavy atom. The highest BCUT2D eigenvalue weighted by molar-refractivity contribution is 5.42. The molecule has 0 aliphatic carbocycles. The SMILES string of the molecule is CCCC1NNC2OC(N)=C(C#N)C(c3ccc(CC)cc3)C12. The highest BCUT2D eigenvalue weighted by atomic mass is 16.5. The highest BCUT2D eigenvalue weighted by Crippen LogP contribution is 2.43. The Hall–Kier alpha value is -2.03. The van der Waals surface area contributed by atoms with Crippen LogP contribution in [0.2, 0.25) is 0 Å². The maximum absolute atomic E-state index is 9.62. The Balaban J connectivity index is 2.02. The van der Waals surface area contributed by atoms with E-state index in [-0.39, 0.29) is 30.0 Å². The quantitative estimate of drug-likeness (QED) is 0.794. The summed E-state index contributed by atoms with van der Waals surface area (Å²) >= 11 is 0. The van der Waals surface area contributed by atoms with Crippen molar-refractivity contribution in [2.45, 2.75) is 51.3 Å². The van der Waals surface area contributed by atoms with E-state index in [2.05, 4.69) is 55.0 Å². The number of nitrogens with one attached hydrogen (secondary N) is 2.